The first-order valence-corrected chi connectivity index (χ1v) is 8.43. The molecule has 3 rings (SSSR count). The summed E-state index contributed by atoms with van der Waals surface area (Å²) in [5, 5.41) is 1.55. The molecule has 0 fully saturated rings. The van der Waals surface area contributed by atoms with Gasteiger partial charge in [-0.15, -0.1) is 0 Å². The van der Waals surface area contributed by atoms with Crippen LogP contribution in [0.1, 0.15) is 12.6 Å². The monoisotopic (exact) mass is 369 g/mol. The van der Waals surface area contributed by atoms with Crippen LogP contribution >= 0.6 is 0 Å². The van der Waals surface area contributed by atoms with E-state index >= 15 is 0 Å². The van der Waals surface area contributed by atoms with E-state index in [2.05, 4.69) is 4.98 Å². The molecule has 0 saturated carbocycles. The zero-order valence-electron chi connectivity index (χ0n) is 15.6. The van der Waals surface area contributed by atoms with Crippen LogP contribution in [0, 0.1) is 12.7 Å². The number of rotatable bonds is 5. The Hall–Kier alpha value is -3.15. The minimum absolute atomic E-state index is 0.304. The van der Waals surface area contributed by atoms with Gasteiger partial charge in [-0.25, -0.2) is 14.2 Å². The molecular formula is C21H20FNO4. The number of nitrogens with zero attached hydrogens (tertiary/aromatic N) is 1. The number of methoxy groups -OCH3 is 2. The third-order valence-corrected chi connectivity index (χ3v) is 4.31. The van der Waals surface area contributed by atoms with Crippen LogP contribution in [0.3, 0.4) is 0 Å². The molecule has 1 aromatic heterocycles. The first-order valence-electron chi connectivity index (χ1n) is 8.43. The van der Waals surface area contributed by atoms with Crippen LogP contribution in [-0.2, 0) is 9.53 Å². The van der Waals surface area contributed by atoms with Gasteiger partial charge in [-0.1, -0.05) is 12.1 Å². The van der Waals surface area contributed by atoms with Crippen LogP contribution in [0.4, 0.5) is 4.39 Å². The summed E-state index contributed by atoms with van der Waals surface area (Å²) < 4.78 is 29.1. The fourth-order valence-electron chi connectivity index (χ4n) is 2.96. The molecule has 0 unspecified atom stereocenters. The van der Waals surface area contributed by atoms with Crippen molar-refractivity contribution in [2.24, 2.45) is 0 Å². The fraction of sp³-hybridized carbons (Fsp3) is 0.238. The zero-order valence-corrected chi connectivity index (χ0v) is 15.6. The summed E-state index contributed by atoms with van der Waals surface area (Å²) >= 11 is 0. The molecule has 1 atom stereocenters. The average molecular weight is 369 g/mol. The van der Waals surface area contributed by atoms with Gasteiger partial charge in [0.25, 0.3) is 0 Å². The molecular weight excluding hydrogens is 349 g/mol. The quantitative estimate of drug-likeness (QED) is 0.628. The van der Waals surface area contributed by atoms with Crippen LogP contribution in [0.25, 0.3) is 21.9 Å². The Labute approximate surface area is 156 Å². The minimum atomic E-state index is -0.812. The number of pyridine rings is 1. The van der Waals surface area contributed by atoms with E-state index in [4.69, 9.17) is 14.2 Å². The Bertz CT molecular complexity index is 986. The predicted octanol–water partition coefficient (Wildman–Crippen LogP) is 4.30. The summed E-state index contributed by atoms with van der Waals surface area (Å²) in [5.41, 5.74) is 2.40. The van der Waals surface area contributed by atoms with Gasteiger partial charge in [-0.05, 0) is 55.1 Å². The van der Waals surface area contributed by atoms with E-state index in [0.29, 0.717) is 22.7 Å². The third kappa shape index (κ3) is 3.69. The van der Waals surface area contributed by atoms with Crippen molar-refractivity contribution in [1.82, 2.24) is 4.98 Å². The molecule has 0 aliphatic rings. The van der Waals surface area contributed by atoms with Crippen LogP contribution in [0.5, 0.6) is 11.6 Å². The van der Waals surface area contributed by atoms with E-state index < -0.39 is 12.1 Å². The fourth-order valence-corrected chi connectivity index (χ4v) is 2.96. The first-order chi connectivity index (χ1) is 12.9. The molecule has 0 saturated heterocycles. The molecule has 1 heterocycles. The van der Waals surface area contributed by atoms with E-state index in [1.807, 2.05) is 19.1 Å². The van der Waals surface area contributed by atoms with Crippen molar-refractivity contribution >= 4 is 16.7 Å². The van der Waals surface area contributed by atoms with Crippen LogP contribution in [0.2, 0.25) is 0 Å². The van der Waals surface area contributed by atoms with Crippen molar-refractivity contribution < 1.29 is 23.4 Å². The van der Waals surface area contributed by atoms with Gasteiger partial charge in [0.2, 0.25) is 5.88 Å². The Balaban J connectivity index is 2.21. The molecule has 5 nitrogen and oxygen atoms in total. The lowest BCUT2D eigenvalue weighted by molar-refractivity contribution is -0.148. The van der Waals surface area contributed by atoms with Crippen molar-refractivity contribution in [2.45, 2.75) is 20.0 Å². The normalized spacial score (nSPS) is 11.9. The number of halogens is 1. The summed E-state index contributed by atoms with van der Waals surface area (Å²) in [6.45, 7) is 3.45. The second-order valence-corrected chi connectivity index (χ2v) is 6.08. The second-order valence-electron chi connectivity index (χ2n) is 6.08. The molecule has 6 heteroatoms. The van der Waals surface area contributed by atoms with Crippen molar-refractivity contribution in [1.29, 1.82) is 0 Å². The highest BCUT2D eigenvalue weighted by molar-refractivity contribution is 6.01. The molecule has 3 aromatic rings. The summed E-state index contributed by atoms with van der Waals surface area (Å²) in [4.78, 5) is 16.3. The highest BCUT2D eigenvalue weighted by Gasteiger charge is 2.20. The van der Waals surface area contributed by atoms with Crippen LogP contribution < -0.4 is 9.47 Å². The molecule has 0 aliphatic heterocycles. The Morgan fingerprint density at radius 2 is 1.78 bits per heavy atom. The van der Waals surface area contributed by atoms with Crippen LogP contribution in [0.15, 0.2) is 42.5 Å². The van der Waals surface area contributed by atoms with Gasteiger partial charge in [-0.2, -0.15) is 0 Å². The smallest absolute Gasteiger partial charge is 0.346 e. The van der Waals surface area contributed by atoms with Gasteiger partial charge in [0.1, 0.15) is 11.6 Å². The molecule has 140 valence electrons. The lowest BCUT2D eigenvalue weighted by atomic mass is 9.97. The SMILES string of the molecule is COC(=O)[C@H](C)Oc1nc(C)c(-c2ccc(F)cc2)c2ccc(OC)cc12. The van der Waals surface area contributed by atoms with E-state index in [9.17, 15) is 9.18 Å². The maximum atomic E-state index is 13.3. The van der Waals surface area contributed by atoms with Gasteiger partial charge < -0.3 is 14.2 Å². The van der Waals surface area contributed by atoms with Crippen LogP contribution in [-0.4, -0.2) is 31.3 Å². The molecule has 2 aromatic carbocycles. The Morgan fingerprint density at radius 3 is 2.41 bits per heavy atom. The number of aryl methyl sites for hydroxylation is 1. The number of carbonyl (C=O) groups excluding carboxylic acids is 1. The standard InChI is InChI=1S/C21H20FNO4/c1-12-19(14-5-7-15(22)8-6-14)17-10-9-16(25-3)11-18(17)20(23-12)27-13(2)21(24)26-4/h5-11,13H,1-4H3/t13-/m0/s1. The number of ether oxygens (including phenoxy) is 3. The zero-order chi connectivity index (χ0) is 19.6. The lowest BCUT2D eigenvalue weighted by Crippen LogP contribution is -2.25. The largest absolute Gasteiger partial charge is 0.497 e. The number of fused-ring (bicyclic) bond motifs is 1. The van der Waals surface area contributed by atoms with Crippen molar-refractivity contribution in [3.8, 4) is 22.8 Å². The molecule has 0 spiro atoms. The maximum Gasteiger partial charge on any atom is 0.346 e. The second kappa shape index (κ2) is 7.61. The van der Waals surface area contributed by atoms with Gasteiger partial charge in [0.05, 0.1) is 14.2 Å². The van der Waals surface area contributed by atoms with Crippen molar-refractivity contribution in [2.75, 3.05) is 14.2 Å². The summed E-state index contributed by atoms with van der Waals surface area (Å²) in [6, 6.07) is 11.8. The molecule has 0 radical (unpaired) electrons. The van der Waals surface area contributed by atoms with E-state index in [1.54, 1.807) is 32.2 Å². The number of hydrogen-bond acceptors (Lipinski definition) is 5. The lowest BCUT2D eigenvalue weighted by Gasteiger charge is -2.17. The number of hydrogen-bond donors (Lipinski definition) is 0. The number of carbonyl (C=O) groups is 1. The summed E-state index contributed by atoms with van der Waals surface area (Å²) in [5.74, 6) is 0.147. The Morgan fingerprint density at radius 1 is 1.07 bits per heavy atom. The number of benzene rings is 2. The molecule has 0 aliphatic carbocycles. The molecule has 0 bridgehead atoms. The number of aromatic nitrogens is 1. The summed E-state index contributed by atoms with van der Waals surface area (Å²) in [6.07, 6.45) is -0.812. The minimum Gasteiger partial charge on any atom is -0.497 e. The van der Waals surface area contributed by atoms with Gasteiger partial charge in [0, 0.05) is 16.6 Å². The van der Waals surface area contributed by atoms with Gasteiger partial charge >= 0.3 is 5.97 Å². The first kappa shape index (κ1) is 18.6. The third-order valence-electron chi connectivity index (χ3n) is 4.31. The van der Waals surface area contributed by atoms with E-state index in [-0.39, 0.29) is 5.82 Å². The number of esters is 1. The Kier molecular flexibility index (Phi) is 5.26. The molecule has 0 amide bonds. The van der Waals surface area contributed by atoms with Gasteiger partial charge in [-0.3, -0.25) is 0 Å². The van der Waals surface area contributed by atoms with Crippen molar-refractivity contribution in [3.05, 3.63) is 54.0 Å². The van der Waals surface area contributed by atoms with Gasteiger partial charge in [0.15, 0.2) is 6.10 Å². The highest BCUT2D eigenvalue weighted by Crippen LogP contribution is 2.37. The maximum absolute atomic E-state index is 13.3. The predicted molar refractivity (Wildman–Crippen MR) is 101 cm³/mol. The highest BCUT2D eigenvalue weighted by atomic mass is 19.1. The molecule has 0 N–H and O–H groups in total. The summed E-state index contributed by atoms with van der Waals surface area (Å²) in [7, 11) is 2.88. The topological polar surface area (TPSA) is 57.7 Å². The average Bonchev–Trinajstić information content (AvgIpc) is 2.68. The van der Waals surface area contributed by atoms with Crippen molar-refractivity contribution in [3.63, 3.8) is 0 Å². The molecule has 27 heavy (non-hydrogen) atoms. The van der Waals surface area contributed by atoms with E-state index in [0.717, 1.165) is 16.5 Å². The van der Waals surface area contributed by atoms with E-state index in [1.165, 1.54) is 19.2 Å².